The first-order chi connectivity index (χ1) is 7.74. The van der Waals surface area contributed by atoms with Crippen molar-refractivity contribution in [2.24, 2.45) is 0 Å². The minimum Gasteiger partial charge on any atom is -0.399 e. The van der Waals surface area contributed by atoms with Gasteiger partial charge in [-0.05, 0) is 29.8 Å². The predicted octanol–water partition coefficient (Wildman–Crippen LogP) is 3.61. The number of aromatic nitrogens is 1. The number of pyridine rings is 1. The van der Waals surface area contributed by atoms with E-state index in [1.54, 1.807) is 24.0 Å². The normalized spacial score (nSPS) is 10.3. The quantitative estimate of drug-likeness (QED) is 0.514. The Morgan fingerprint density at radius 3 is 2.81 bits per heavy atom. The van der Waals surface area contributed by atoms with Crippen LogP contribution in [0.15, 0.2) is 47.5 Å². The van der Waals surface area contributed by atoms with Gasteiger partial charge in [-0.2, -0.15) is 0 Å². The van der Waals surface area contributed by atoms with E-state index in [4.69, 9.17) is 17.3 Å². The maximum atomic E-state index is 5.72. The summed E-state index contributed by atoms with van der Waals surface area (Å²) in [4.78, 5) is 5.20. The van der Waals surface area contributed by atoms with Crippen molar-refractivity contribution in [1.82, 2.24) is 4.98 Å². The number of hydrogen-bond acceptors (Lipinski definition) is 3. The molecule has 4 heteroatoms. The van der Waals surface area contributed by atoms with Crippen molar-refractivity contribution in [3.8, 4) is 0 Å². The third kappa shape index (κ3) is 3.15. The van der Waals surface area contributed by atoms with Crippen LogP contribution in [-0.4, -0.2) is 4.98 Å². The third-order valence-corrected chi connectivity index (χ3v) is 3.34. The molecule has 1 aromatic carbocycles. The Kier molecular flexibility index (Phi) is 3.70. The van der Waals surface area contributed by atoms with Crippen LogP contribution in [0.1, 0.15) is 5.56 Å². The maximum absolute atomic E-state index is 5.72. The molecular weight excluding hydrogens is 240 g/mol. The van der Waals surface area contributed by atoms with Gasteiger partial charge >= 0.3 is 0 Å². The Balaban J connectivity index is 1.99. The summed E-state index contributed by atoms with van der Waals surface area (Å²) in [6.45, 7) is 0. The molecule has 0 unspecified atom stereocenters. The summed E-state index contributed by atoms with van der Waals surface area (Å²) in [5, 5.41) is 0.526. The van der Waals surface area contributed by atoms with Gasteiger partial charge in [-0.1, -0.05) is 23.7 Å². The van der Waals surface area contributed by atoms with E-state index in [9.17, 15) is 0 Å². The van der Waals surface area contributed by atoms with Gasteiger partial charge in [0.15, 0.2) is 0 Å². The van der Waals surface area contributed by atoms with Crippen LogP contribution in [-0.2, 0) is 5.75 Å². The van der Waals surface area contributed by atoms with Crippen molar-refractivity contribution in [1.29, 1.82) is 0 Å². The molecule has 0 aliphatic heterocycles. The zero-order valence-electron chi connectivity index (χ0n) is 8.56. The molecule has 2 aromatic rings. The number of anilines is 1. The Hall–Kier alpha value is -1.19. The van der Waals surface area contributed by atoms with Gasteiger partial charge in [0.05, 0.1) is 0 Å². The molecule has 2 rings (SSSR count). The summed E-state index contributed by atoms with van der Waals surface area (Å²) < 4.78 is 0. The lowest BCUT2D eigenvalue weighted by molar-refractivity contribution is 1.25. The molecule has 82 valence electrons. The lowest BCUT2D eigenvalue weighted by atomic mass is 10.3. The Morgan fingerprint density at radius 1 is 1.25 bits per heavy atom. The van der Waals surface area contributed by atoms with E-state index in [-0.39, 0.29) is 0 Å². The van der Waals surface area contributed by atoms with Crippen LogP contribution in [0.4, 0.5) is 5.69 Å². The van der Waals surface area contributed by atoms with Crippen LogP contribution in [0.2, 0.25) is 5.15 Å². The average Bonchev–Trinajstić information content (AvgIpc) is 2.28. The highest BCUT2D eigenvalue weighted by Gasteiger charge is 1.97. The molecule has 2 N–H and O–H groups in total. The topological polar surface area (TPSA) is 38.9 Å². The highest BCUT2D eigenvalue weighted by molar-refractivity contribution is 7.98. The van der Waals surface area contributed by atoms with Crippen molar-refractivity contribution in [2.75, 3.05) is 5.73 Å². The standard InChI is InChI=1S/C12H11ClN2S/c13-12-5-4-9(7-15-12)8-16-11-3-1-2-10(14)6-11/h1-7H,8,14H2. The molecule has 0 bridgehead atoms. The van der Waals surface area contributed by atoms with Crippen molar-refractivity contribution < 1.29 is 0 Å². The second kappa shape index (κ2) is 5.23. The van der Waals surface area contributed by atoms with Crippen molar-refractivity contribution in [2.45, 2.75) is 10.6 Å². The van der Waals surface area contributed by atoms with E-state index >= 15 is 0 Å². The Morgan fingerprint density at radius 2 is 2.12 bits per heavy atom. The molecule has 0 aliphatic carbocycles. The Bertz CT molecular complexity index is 471. The maximum Gasteiger partial charge on any atom is 0.129 e. The molecule has 0 atom stereocenters. The van der Waals surface area contributed by atoms with Gasteiger partial charge in [0.25, 0.3) is 0 Å². The van der Waals surface area contributed by atoms with Gasteiger partial charge in [-0.3, -0.25) is 0 Å². The molecule has 0 fully saturated rings. The van der Waals surface area contributed by atoms with Crippen molar-refractivity contribution in [3.05, 3.63) is 53.3 Å². The number of thioether (sulfide) groups is 1. The zero-order valence-corrected chi connectivity index (χ0v) is 10.1. The first-order valence-electron chi connectivity index (χ1n) is 4.83. The summed E-state index contributed by atoms with van der Waals surface area (Å²) in [5.74, 6) is 0.869. The largest absolute Gasteiger partial charge is 0.399 e. The van der Waals surface area contributed by atoms with Crippen molar-refractivity contribution >= 4 is 29.1 Å². The number of benzene rings is 1. The fourth-order valence-corrected chi connectivity index (χ4v) is 2.27. The van der Waals surface area contributed by atoms with Crippen LogP contribution in [0.5, 0.6) is 0 Å². The van der Waals surface area contributed by atoms with E-state index in [1.165, 1.54) is 0 Å². The molecule has 0 aliphatic rings. The molecule has 0 amide bonds. The van der Waals surface area contributed by atoms with Gasteiger partial charge in [-0.15, -0.1) is 11.8 Å². The molecule has 16 heavy (non-hydrogen) atoms. The predicted molar refractivity (Wildman–Crippen MR) is 69.7 cm³/mol. The monoisotopic (exact) mass is 250 g/mol. The number of nitrogen functional groups attached to an aromatic ring is 1. The Labute approximate surface area is 104 Å². The first kappa shape index (κ1) is 11.3. The summed E-state index contributed by atoms with van der Waals surface area (Å²) in [6.07, 6.45) is 1.79. The minimum absolute atomic E-state index is 0.526. The summed E-state index contributed by atoms with van der Waals surface area (Å²) in [5.41, 5.74) is 7.65. The van der Waals surface area contributed by atoms with Gasteiger partial charge in [0.2, 0.25) is 0 Å². The van der Waals surface area contributed by atoms with Crippen LogP contribution in [0.3, 0.4) is 0 Å². The van der Waals surface area contributed by atoms with Crippen LogP contribution in [0, 0.1) is 0 Å². The summed E-state index contributed by atoms with van der Waals surface area (Å²) in [6, 6.07) is 11.6. The number of hydrogen-bond donors (Lipinski definition) is 1. The molecule has 0 spiro atoms. The molecule has 0 saturated carbocycles. The van der Waals surface area contributed by atoms with Crippen LogP contribution >= 0.6 is 23.4 Å². The van der Waals surface area contributed by atoms with Crippen molar-refractivity contribution in [3.63, 3.8) is 0 Å². The molecule has 0 saturated heterocycles. The summed E-state index contributed by atoms with van der Waals surface area (Å²) in [7, 11) is 0. The van der Waals surface area contributed by atoms with Gasteiger partial charge in [0, 0.05) is 22.5 Å². The number of nitrogens with two attached hydrogens (primary N) is 1. The number of nitrogens with zero attached hydrogens (tertiary/aromatic N) is 1. The van der Waals surface area contributed by atoms with Gasteiger partial charge in [0.1, 0.15) is 5.15 Å². The van der Waals surface area contributed by atoms with E-state index in [0.29, 0.717) is 5.15 Å². The van der Waals surface area contributed by atoms with Crippen LogP contribution < -0.4 is 5.73 Å². The highest BCUT2D eigenvalue weighted by atomic mass is 35.5. The number of rotatable bonds is 3. The molecule has 2 nitrogen and oxygen atoms in total. The smallest absolute Gasteiger partial charge is 0.129 e. The molecule has 1 heterocycles. The lowest BCUT2D eigenvalue weighted by Crippen LogP contribution is -1.85. The second-order valence-corrected chi connectivity index (χ2v) is 4.79. The lowest BCUT2D eigenvalue weighted by Gasteiger charge is -2.02. The molecule has 0 radical (unpaired) electrons. The fourth-order valence-electron chi connectivity index (χ4n) is 1.26. The van der Waals surface area contributed by atoms with Gasteiger partial charge in [-0.25, -0.2) is 4.98 Å². The van der Waals surface area contributed by atoms with Gasteiger partial charge < -0.3 is 5.73 Å². The zero-order chi connectivity index (χ0) is 11.4. The molecular formula is C12H11ClN2S. The fraction of sp³-hybridized carbons (Fsp3) is 0.0833. The highest BCUT2D eigenvalue weighted by Crippen LogP contribution is 2.24. The number of halogens is 1. The minimum atomic E-state index is 0.526. The third-order valence-electron chi connectivity index (χ3n) is 2.05. The second-order valence-electron chi connectivity index (χ2n) is 3.35. The van der Waals surface area contributed by atoms with Crippen LogP contribution in [0.25, 0.3) is 0 Å². The first-order valence-corrected chi connectivity index (χ1v) is 6.19. The van der Waals surface area contributed by atoms with E-state index < -0.39 is 0 Å². The summed E-state index contributed by atoms with van der Waals surface area (Å²) >= 11 is 7.45. The average molecular weight is 251 g/mol. The van der Waals surface area contributed by atoms with E-state index in [0.717, 1.165) is 21.9 Å². The van der Waals surface area contributed by atoms with E-state index in [1.807, 2.05) is 30.3 Å². The van der Waals surface area contributed by atoms with E-state index in [2.05, 4.69) is 4.98 Å². The molecule has 1 aromatic heterocycles. The SMILES string of the molecule is Nc1cccc(SCc2ccc(Cl)nc2)c1.